The Hall–Kier alpha value is -4.07. The summed E-state index contributed by atoms with van der Waals surface area (Å²) in [6.45, 7) is 15.2. The highest BCUT2D eigenvalue weighted by atomic mass is 32.2. The molecule has 1 saturated heterocycles. The number of carbonyl (C=O) groups is 4. The third-order valence-electron chi connectivity index (χ3n) is 12.6. The second-order valence-corrected chi connectivity index (χ2v) is 21.0. The van der Waals surface area contributed by atoms with Gasteiger partial charge in [0.05, 0.1) is 53.2 Å². The molecule has 3 heterocycles. The maximum Gasteiger partial charge on any atom is 0.307 e. The fourth-order valence-electron chi connectivity index (χ4n) is 8.68. The molecule has 58 heavy (non-hydrogen) atoms. The molecule has 2 aliphatic heterocycles. The van der Waals surface area contributed by atoms with Gasteiger partial charge in [-0.25, -0.2) is 18.4 Å². The van der Waals surface area contributed by atoms with E-state index in [-0.39, 0.29) is 67.0 Å². The van der Waals surface area contributed by atoms with E-state index in [1.54, 1.807) is 45.8 Å². The van der Waals surface area contributed by atoms with Crippen molar-refractivity contribution >= 4 is 44.6 Å². The number of ketones is 1. The number of nitrogens with zero attached hydrogens (tertiary/aromatic N) is 3. The molecule has 0 radical (unpaired) electrons. The summed E-state index contributed by atoms with van der Waals surface area (Å²) >= 11 is 0. The van der Waals surface area contributed by atoms with E-state index in [0.717, 1.165) is 12.8 Å². The molecule has 1 N–H and O–H groups in total. The molecule has 0 bridgehead atoms. The molecule has 3 fully saturated rings. The Morgan fingerprint density at radius 3 is 2.45 bits per heavy atom. The third-order valence-corrected chi connectivity index (χ3v) is 14.8. The number of carbonyl (C=O) groups excluding carboxylic acids is 4. The number of hydrogen-bond donors (Lipinski definition) is 1. The Morgan fingerprint density at radius 2 is 1.81 bits per heavy atom. The zero-order chi connectivity index (χ0) is 42.4. The van der Waals surface area contributed by atoms with Gasteiger partial charge in [0.15, 0.2) is 5.78 Å². The van der Waals surface area contributed by atoms with Gasteiger partial charge in [0.1, 0.15) is 23.1 Å². The summed E-state index contributed by atoms with van der Waals surface area (Å²) in [5, 5.41) is 0. The standard InChI is InChI=1S/C44H62N4O9S/c1-10-28-19-27(4)13-11-12-14-29-23-44(29,41(52)47-58(53,54)43(8)17-18-43)24-36(49)35-21-31(25-48(35)40(51)32(28)22-37(50)57-42(5,6)7)56-39-38(26(2)3)45-33-16-15-30(55-9)20-34(33)46-39/h12,14-16,20,26-29,31-32,35H,10-11,13,17-19,21-25H2,1-9H3,(H,47,52)/b14-12-/t27-,28-,29-,31-,32+,35+,44-/m1/s1. The van der Waals surface area contributed by atoms with Crippen LogP contribution in [0.2, 0.25) is 0 Å². The number of esters is 1. The summed E-state index contributed by atoms with van der Waals surface area (Å²) in [4.78, 5) is 68.7. The minimum atomic E-state index is -3.96. The van der Waals surface area contributed by atoms with E-state index in [2.05, 4.69) is 11.6 Å². The fourth-order valence-corrected chi connectivity index (χ4v) is 10.0. The minimum Gasteiger partial charge on any atom is -0.497 e. The Labute approximate surface area is 343 Å². The molecule has 6 rings (SSSR count). The average Bonchev–Trinajstić information content (AvgIpc) is 4.03. The first-order valence-electron chi connectivity index (χ1n) is 21.0. The van der Waals surface area contributed by atoms with Crippen LogP contribution >= 0.6 is 0 Å². The largest absolute Gasteiger partial charge is 0.497 e. The molecule has 0 spiro atoms. The van der Waals surface area contributed by atoms with Crippen molar-refractivity contribution in [2.45, 2.75) is 148 Å². The highest BCUT2D eigenvalue weighted by Crippen LogP contribution is 2.58. The summed E-state index contributed by atoms with van der Waals surface area (Å²) < 4.78 is 45.7. The van der Waals surface area contributed by atoms with E-state index in [1.807, 2.05) is 45.1 Å². The molecule has 0 unspecified atom stereocenters. The summed E-state index contributed by atoms with van der Waals surface area (Å²) in [5.74, 6) is -2.11. The van der Waals surface area contributed by atoms with Gasteiger partial charge in [-0.05, 0) is 96.1 Å². The zero-order valence-electron chi connectivity index (χ0n) is 35.6. The number of fused-ring (bicyclic) bond motifs is 3. The molecule has 13 nitrogen and oxygen atoms in total. The van der Waals surface area contributed by atoms with Crippen molar-refractivity contribution in [3.05, 3.63) is 36.0 Å². The van der Waals surface area contributed by atoms with Crippen molar-refractivity contribution in [3.63, 3.8) is 0 Å². The lowest BCUT2D eigenvalue weighted by atomic mass is 9.79. The lowest BCUT2D eigenvalue weighted by Crippen LogP contribution is -2.48. The van der Waals surface area contributed by atoms with Crippen LogP contribution in [0.25, 0.3) is 11.0 Å². The van der Waals surface area contributed by atoms with Gasteiger partial charge >= 0.3 is 5.97 Å². The number of benzene rings is 1. The Kier molecular flexibility index (Phi) is 12.4. The van der Waals surface area contributed by atoms with E-state index in [9.17, 15) is 22.8 Å². The normalized spacial score (nSPS) is 29.4. The van der Waals surface area contributed by atoms with Crippen LogP contribution in [0.5, 0.6) is 11.6 Å². The number of nitrogens with one attached hydrogen (secondary N) is 1. The SMILES string of the molecule is CC[C@@H]1C[C@H](C)CC/C=C\[C@@H]2C[C@@]2(C(=O)NS(=O)(=O)C2(C)CC2)CC(=O)[C@@H]2C[C@@H](Oc3nc4cc(OC)ccc4nc3C(C)C)CN2C(=O)[C@H]1CC(=O)OC(C)(C)C. The summed E-state index contributed by atoms with van der Waals surface area (Å²) in [7, 11) is -2.39. The second kappa shape index (κ2) is 16.5. The van der Waals surface area contributed by atoms with Crippen molar-refractivity contribution in [1.82, 2.24) is 19.6 Å². The van der Waals surface area contributed by atoms with Gasteiger partial charge in [-0.2, -0.15) is 0 Å². The number of rotatable bonds is 10. The first-order chi connectivity index (χ1) is 27.2. The van der Waals surface area contributed by atoms with Gasteiger partial charge in [0.25, 0.3) is 0 Å². The van der Waals surface area contributed by atoms with Crippen LogP contribution < -0.4 is 14.2 Å². The van der Waals surface area contributed by atoms with Crippen LogP contribution in [-0.2, 0) is 33.9 Å². The van der Waals surface area contributed by atoms with Crippen LogP contribution in [0, 0.1) is 29.1 Å². The summed E-state index contributed by atoms with van der Waals surface area (Å²) in [6.07, 6.45) is 7.12. The third kappa shape index (κ3) is 9.37. The number of amides is 2. The molecule has 7 atom stereocenters. The van der Waals surface area contributed by atoms with Gasteiger partial charge in [0.2, 0.25) is 27.7 Å². The maximum absolute atomic E-state index is 15.1. The molecule has 2 aliphatic carbocycles. The number of hydrogen-bond acceptors (Lipinski definition) is 11. The van der Waals surface area contributed by atoms with Crippen LogP contribution in [0.1, 0.15) is 131 Å². The lowest BCUT2D eigenvalue weighted by molar-refractivity contribution is -0.160. The molecule has 1 aromatic carbocycles. The van der Waals surface area contributed by atoms with Gasteiger partial charge in [-0.1, -0.05) is 46.3 Å². The molecular formula is C44H62N4O9S. The first-order valence-corrected chi connectivity index (χ1v) is 22.5. The Balaban J connectivity index is 1.38. The molecule has 2 amide bonds. The van der Waals surface area contributed by atoms with E-state index in [0.29, 0.717) is 54.6 Å². The number of allylic oxidation sites excluding steroid dienone is 2. The van der Waals surface area contributed by atoms with Gasteiger partial charge < -0.3 is 19.1 Å². The van der Waals surface area contributed by atoms with Crippen LogP contribution in [-0.4, -0.2) is 83.0 Å². The van der Waals surface area contributed by atoms with Crippen LogP contribution in [0.4, 0.5) is 0 Å². The number of methoxy groups -OCH3 is 1. The molecule has 318 valence electrons. The smallest absolute Gasteiger partial charge is 0.307 e. The van der Waals surface area contributed by atoms with Crippen LogP contribution in [0.3, 0.4) is 0 Å². The topological polar surface area (TPSA) is 171 Å². The number of Topliss-reactive ketones (excluding diaryl/α,β-unsaturated/α-hetero) is 1. The Bertz CT molecular complexity index is 2060. The van der Waals surface area contributed by atoms with Crippen molar-refractivity contribution in [1.29, 1.82) is 0 Å². The van der Waals surface area contributed by atoms with Gasteiger partial charge in [0, 0.05) is 24.8 Å². The van der Waals surface area contributed by atoms with Crippen molar-refractivity contribution in [3.8, 4) is 11.6 Å². The van der Waals surface area contributed by atoms with Gasteiger partial charge in [-0.15, -0.1) is 0 Å². The molecule has 2 aromatic rings. The monoisotopic (exact) mass is 822 g/mol. The van der Waals surface area contributed by atoms with E-state index in [4.69, 9.17) is 24.2 Å². The molecular weight excluding hydrogens is 761 g/mol. The quantitative estimate of drug-likeness (QED) is 0.197. The minimum absolute atomic E-state index is 0.0384. The van der Waals surface area contributed by atoms with Crippen molar-refractivity contribution < 1.29 is 41.8 Å². The number of ether oxygens (including phenoxy) is 3. The maximum atomic E-state index is 15.1. The molecule has 2 saturated carbocycles. The van der Waals surface area contributed by atoms with Crippen molar-refractivity contribution in [2.24, 2.45) is 29.1 Å². The fraction of sp³-hybridized carbons (Fsp3) is 0.682. The molecule has 14 heteroatoms. The zero-order valence-corrected chi connectivity index (χ0v) is 36.4. The van der Waals surface area contributed by atoms with E-state index in [1.165, 1.54) is 0 Å². The molecule has 4 aliphatic rings. The summed E-state index contributed by atoms with van der Waals surface area (Å²) in [5.41, 5.74) is -0.185. The predicted molar refractivity (Wildman–Crippen MR) is 219 cm³/mol. The predicted octanol–water partition coefficient (Wildman–Crippen LogP) is 6.82. The number of sulfonamides is 1. The Morgan fingerprint density at radius 1 is 1.09 bits per heavy atom. The second-order valence-electron chi connectivity index (χ2n) is 18.8. The van der Waals surface area contributed by atoms with Crippen LogP contribution in [0.15, 0.2) is 30.4 Å². The van der Waals surface area contributed by atoms with Gasteiger partial charge in [-0.3, -0.25) is 23.9 Å². The number of aromatic nitrogens is 2. The van der Waals surface area contributed by atoms with E-state index >= 15 is 4.79 Å². The summed E-state index contributed by atoms with van der Waals surface area (Å²) in [6, 6.07) is 4.42. The van der Waals surface area contributed by atoms with Crippen molar-refractivity contribution in [2.75, 3.05) is 13.7 Å². The highest BCUT2D eigenvalue weighted by molar-refractivity contribution is 7.91. The molecule has 1 aromatic heterocycles. The average molecular weight is 823 g/mol. The highest BCUT2D eigenvalue weighted by Gasteiger charge is 2.62. The lowest BCUT2D eigenvalue weighted by Gasteiger charge is -2.33. The van der Waals surface area contributed by atoms with E-state index < -0.39 is 55.7 Å². The first kappa shape index (κ1) is 43.5.